The van der Waals surface area contributed by atoms with Gasteiger partial charge in [0.1, 0.15) is 0 Å². The van der Waals surface area contributed by atoms with E-state index in [1.54, 1.807) is 0 Å². The maximum Gasteiger partial charge on any atom is 0.311 e. The van der Waals surface area contributed by atoms with Crippen LogP contribution in [0.1, 0.15) is 38.2 Å². The molecule has 1 saturated carbocycles. The Bertz CT molecular complexity index is 407. The lowest BCUT2D eigenvalue weighted by atomic mass is 9.69. The number of carboxylic acids is 1. The summed E-state index contributed by atoms with van der Waals surface area (Å²) in [6.07, 6.45) is 4.87. The molecule has 1 aromatic carbocycles. The summed E-state index contributed by atoms with van der Waals surface area (Å²) in [6, 6.07) is 8.30. The van der Waals surface area contributed by atoms with Crippen molar-refractivity contribution in [2.75, 3.05) is 11.9 Å². The van der Waals surface area contributed by atoms with E-state index >= 15 is 0 Å². The molecule has 0 heterocycles. The molecule has 0 saturated heterocycles. The molecule has 0 aliphatic heterocycles. The fourth-order valence-electron chi connectivity index (χ4n) is 2.42. The van der Waals surface area contributed by atoms with Crippen molar-refractivity contribution < 1.29 is 9.90 Å². The van der Waals surface area contributed by atoms with E-state index < -0.39 is 11.4 Å². The highest BCUT2D eigenvalue weighted by atomic mass is 16.4. The molecule has 1 fully saturated rings. The van der Waals surface area contributed by atoms with Crippen LogP contribution >= 0.6 is 0 Å². The van der Waals surface area contributed by atoms with E-state index in [1.165, 1.54) is 5.56 Å². The first-order valence-electron chi connectivity index (χ1n) is 6.72. The molecule has 0 atom stereocenters. The molecule has 0 amide bonds. The van der Waals surface area contributed by atoms with Gasteiger partial charge in [0.2, 0.25) is 0 Å². The number of rotatable bonds is 6. The smallest absolute Gasteiger partial charge is 0.311 e. The third kappa shape index (κ3) is 2.66. The van der Waals surface area contributed by atoms with E-state index in [-0.39, 0.29) is 0 Å². The molecular formula is C15H21NO2. The molecule has 3 heteroatoms. The van der Waals surface area contributed by atoms with Crippen LogP contribution in [0, 0.1) is 5.41 Å². The Morgan fingerprint density at radius 2 is 2.00 bits per heavy atom. The van der Waals surface area contributed by atoms with Crippen LogP contribution in [0.4, 0.5) is 5.69 Å². The van der Waals surface area contributed by atoms with Crippen LogP contribution < -0.4 is 5.32 Å². The van der Waals surface area contributed by atoms with Crippen molar-refractivity contribution in [3.8, 4) is 0 Å². The van der Waals surface area contributed by atoms with Gasteiger partial charge in [0.05, 0.1) is 5.41 Å². The molecule has 0 radical (unpaired) electrons. The number of hydrogen-bond acceptors (Lipinski definition) is 2. The number of benzene rings is 1. The molecule has 18 heavy (non-hydrogen) atoms. The van der Waals surface area contributed by atoms with Gasteiger partial charge in [0.25, 0.3) is 0 Å². The minimum absolute atomic E-state index is 0.526. The van der Waals surface area contributed by atoms with Crippen LogP contribution in [0.5, 0.6) is 0 Å². The lowest BCUT2D eigenvalue weighted by molar-refractivity contribution is -0.153. The molecule has 1 aromatic rings. The largest absolute Gasteiger partial charge is 0.481 e. The van der Waals surface area contributed by atoms with Crippen molar-refractivity contribution in [1.82, 2.24) is 0 Å². The van der Waals surface area contributed by atoms with Crippen LogP contribution in [0.2, 0.25) is 0 Å². The second-order valence-electron chi connectivity index (χ2n) is 5.24. The average molecular weight is 247 g/mol. The van der Waals surface area contributed by atoms with Crippen LogP contribution in [0.15, 0.2) is 24.3 Å². The Morgan fingerprint density at radius 3 is 2.44 bits per heavy atom. The minimum atomic E-state index is -0.663. The zero-order valence-corrected chi connectivity index (χ0v) is 10.9. The fraction of sp³-hybridized carbons (Fsp3) is 0.533. The van der Waals surface area contributed by atoms with E-state index in [2.05, 4.69) is 24.4 Å². The van der Waals surface area contributed by atoms with Gasteiger partial charge in [-0.1, -0.05) is 31.9 Å². The standard InChI is InChI=1S/C15H21NO2/c1-2-4-12-5-7-13(8-6-12)16-11-15(14(17)18)9-3-10-15/h5-8,16H,2-4,9-11H2,1H3,(H,17,18). The minimum Gasteiger partial charge on any atom is -0.481 e. The zero-order valence-electron chi connectivity index (χ0n) is 10.9. The second-order valence-corrected chi connectivity index (χ2v) is 5.24. The van der Waals surface area contributed by atoms with Crippen molar-refractivity contribution in [3.63, 3.8) is 0 Å². The highest BCUT2D eigenvalue weighted by Crippen LogP contribution is 2.41. The average Bonchev–Trinajstić information content (AvgIpc) is 2.30. The van der Waals surface area contributed by atoms with Gasteiger partial charge in [-0.25, -0.2) is 0 Å². The number of carboxylic acid groups (broad SMARTS) is 1. The lowest BCUT2D eigenvalue weighted by Crippen LogP contribution is -2.43. The molecule has 0 spiro atoms. The highest BCUT2D eigenvalue weighted by Gasteiger charge is 2.44. The Labute approximate surface area is 108 Å². The summed E-state index contributed by atoms with van der Waals surface area (Å²) in [4.78, 5) is 11.2. The molecular weight excluding hydrogens is 226 g/mol. The topological polar surface area (TPSA) is 49.3 Å². The van der Waals surface area contributed by atoms with Crippen LogP contribution in [0.25, 0.3) is 0 Å². The first-order valence-corrected chi connectivity index (χ1v) is 6.72. The number of anilines is 1. The zero-order chi connectivity index (χ0) is 13.0. The van der Waals surface area contributed by atoms with Gasteiger partial charge in [0, 0.05) is 12.2 Å². The van der Waals surface area contributed by atoms with Gasteiger partial charge in [-0.3, -0.25) is 4.79 Å². The fourth-order valence-corrected chi connectivity index (χ4v) is 2.42. The third-order valence-corrected chi connectivity index (χ3v) is 3.89. The van der Waals surface area contributed by atoms with Crippen LogP contribution in [-0.4, -0.2) is 17.6 Å². The highest BCUT2D eigenvalue weighted by molar-refractivity contribution is 5.76. The first kappa shape index (κ1) is 12.9. The predicted octanol–water partition coefficient (Wildman–Crippen LogP) is 3.31. The van der Waals surface area contributed by atoms with Crippen molar-refractivity contribution in [3.05, 3.63) is 29.8 Å². The molecule has 1 aliphatic carbocycles. The number of aliphatic carboxylic acids is 1. The molecule has 98 valence electrons. The summed E-state index contributed by atoms with van der Waals surface area (Å²) in [5, 5.41) is 12.5. The summed E-state index contributed by atoms with van der Waals surface area (Å²) in [5.74, 6) is -0.663. The summed E-state index contributed by atoms with van der Waals surface area (Å²) in [5.41, 5.74) is 1.82. The van der Waals surface area contributed by atoms with Crippen LogP contribution in [0.3, 0.4) is 0 Å². The Hall–Kier alpha value is -1.51. The van der Waals surface area contributed by atoms with E-state index in [0.29, 0.717) is 6.54 Å². The number of carbonyl (C=O) groups is 1. The van der Waals surface area contributed by atoms with E-state index in [1.807, 2.05) is 12.1 Å². The summed E-state index contributed by atoms with van der Waals surface area (Å²) in [7, 11) is 0. The van der Waals surface area contributed by atoms with Gasteiger partial charge in [0.15, 0.2) is 0 Å². The van der Waals surface area contributed by atoms with E-state index in [0.717, 1.165) is 37.8 Å². The quantitative estimate of drug-likeness (QED) is 0.810. The Morgan fingerprint density at radius 1 is 1.33 bits per heavy atom. The van der Waals surface area contributed by atoms with E-state index in [9.17, 15) is 9.90 Å². The third-order valence-electron chi connectivity index (χ3n) is 3.89. The van der Waals surface area contributed by atoms with Crippen molar-refractivity contribution in [2.24, 2.45) is 5.41 Å². The summed E-state index contributed by atoms with van der Waals surface area (Å²) in [6.45, 7) is 2.70. The molecule has 3 nitrogen and oxygen atoms in total. The van der Waals surface area contributed by atoms with Gasteiger partial charge in [-0.2, -0.15) is 0 Å². The predicted molar refractivity (Wildman–Crippen MR) is 72.8 cm³/mol. The molecule has 2 N–H and O–H groups in total. The molecule has 2 rings (SSSR count). The maximum absolute atomic E-state index is 11.2. The van der Waals surface area contributed by atoms with Gasteiger partial charge >= 0.3 is 5.97 Å². The Kier molecular flexibility index (Phi) is 3.90. The first-order chi connectivity index (χ1) is 8.66. The van der Waals surface area contributed by atoms with Crippen molar-refractivity contribution >= 4 is 11.7 Å². The Balaban J connectivity index is 1.91. The molecule has 0 aromatic heterocycles. The van der Waals surface area contributed by atoms with E-state index in [4.69, 9.17) is 0 Å². The second kappa shape index (κ2) is 5.42. The maximum atomic E-state index is 11.2. The van der Waals surface area contributed by atoms with Crippen LogP contribution in [-0.2, 0) is 11.2 Å². The van der Waals surface area contributed by atoms with Gasteiger partial charge in [-0.15, -0.1) is 0 Å². The van der Waals surface area contributed by atoms with Crippen molar-refractivity contribution in [1.29, 1.82) is 0 Å². The monoisotopic (exact) mass is 247 g/mol. The summed E-state index contributed by atoms with van der Waals surface area (Å²) < 4.78 is 0. The molecule has 1 aliphatic rings. The normalized spacial score (nSPS) is 16.9. The number of hydrogen-bond donors (Lipinski definition) is 2. The van der Waals surface area contributed by atoms with Gasteiger partial charge < -0.3 is 10.4 Å². The van der Waals surface area contributed by atoms with Crippen molar-refractivity contribution in [2.45, 2.75) is 39.0 Å². The summed E-state index contributed by atoms with van der Waals surface area (Å²) >= 11 is 0. The lowest BCUT2D eigenvalue weighted by Gasteiger charge is -2.37. The SMILES string of the molecule is CCCc1ccc(NCC2(C(=O)O)CCC2)cc1. The molecule has 0 unspecified atom stereocenters. The molecule has 0 bridgehead atoms. The number of aryl methyl sites for hydroxylation is 1. The van der Waals surface area contributed by atoms with Gasteiger partial charge in [-0.05, 0) is 37.0 Å². The number of nitrogens with one attached hydrogen (secondary N) is 1.